The highest BCUT2D eigenvalue weighted by Crippen LogP contribution is 2.10. The number of benzene rings is 1. The van der Waals surface area contributed by atoms with Gasteiger partial charge < -0.3 is 5.73 Å². The number of aryl methyl sites for hydroxylation is 1. The first-order valence-electron chi connectivity index (χ1n) is 6.26. The third kappa shape index (κ3) is 6.28. The number of hydrogen-bond acceptors (Lipinski definition) is 1. The lowest BCUT2D eigenvalue weighted by Gasteiger charge is -2.02. The predicted octanol–water partition coefficient (Wildman–Crippen LogP) is 4.04. The smallest absolute Gasteiger partial charge is 0.000744 e. The molecule has 0 atom stereocenters. The zero-order chi connectivity index (χ0) is 11.6. The minimum Gasteiger partial charge on any atom is -0.403 e. The molecular weight excluding hydrogens is 194 g/mol. The summed E-state index contributed by atoms with van der Waals surface area (Å²) in [5.74, 6) is 0. The second-order valence-electron chi connectivity index (χ2n) is 4.41. The summed E-state index contributed by atoms with van der Waals surface area (Å²) in [6, 6.07) is 10.7. The molecule has 2 N–H and O–H groups in total. The fraction of sp³-hybridized carbons (Fsp3) is 0.467. The molecule has 1 nitrogen and oxygen atoms in total. The van der Waals surface area contributed by atoms with Crippen LogP contribution in [-0.4, -0.2) is 0 Å². The zero-order valence-corrected chi connectivity index (χ0v) is 10.1. The molecule has 16 heavy (non-hydrogen) atoms. The molecule has 0 fully saturated rings. The molecule has 0 aromatic heterocycles. The monoisotopic (exact) mass is 217 g/mol. The third-order valence-corrected chi connectivity index (χ3v) is 2.81. The quantitative estimate of drug-likeness (QED) is 0.653. The summed E-state index contributed by atoms with van der Waals surface area (Å²) in [7, 11) is 0. The van der Waals surface area contributed by atoms with E-state index in [2.05, 4.69) is 36.9 Å². The number of hydrogen-bond donors (Lipinski definition) is 1. The summed E-state index contributed by atoms with van der Waals surface area (Å²) in [6.45, 7) is 3.71. The fourth-order valence-corrected chi connectivity index (χ4v) is 1.86. The van der Waals surface area contributed by atoms with Crippen LogP contribution in [0.1, 0.15) is 44.1 Å². The van der Waals surface area contributed by atoms with Crippen molar-refractivity contribution in [2.75, 3.05) is 0 Å². The minimum absolute atomic E-state index is 0.823. The first kappa shape index (κ1) is 12.8. The Morgan fingerprint density at radius 3 is 2.25 bits per heavy atom. The Balaban J connectivity index is 1.94. The van der Waals surface area contributed by atoms with Gasteiger partial charge in [-0.3, -0.25) is 0 Å². The van der Waals surface area contributed by atoms with Gasteiger partial charge in [0.25, 0.3) is 0 Å². The average Bonchev–Trinajstić information content (AvgIpc) is 2.29. The Bertz CT molecular complexity index is 290. The fourth-order valence-electron chi connectivity index (χ4n) is 1.86. The molecule has 1 rings (SSSR count). The molecule has 0 heterocycles. The van der Waals surface area contributed by atoms with Gasteiger partial charge in [-0.1, -0.05) is 56.2 Å². The Morgan fingerprint density at radius 1 is 0.938 bits per heavy atom. The molecule has 88 valence electrons. The van der Waals surface area contributed by atoms with Gasteiger partial charge in [-0.25, -0.2) is 0 Å². The predicted molar refractivity (Wildman–Crippen MR) is 71.2 cm³/mol. The Kier molecular flexibility index (Phi) is 6.39. The van der Waals surface area contributed by atoms with Crippen molar-refractivity contribution in [3.05, 3.63) is 48.2 Å². The maximum atomic E-state index is 5.51. The van der Waals surface area contributed by atoms with Crippen LogP contribution in [0.4, 0.5) is 0 Å². The van der Waals surface area contributed by atoms with E-state index in [-0.39, 0.29) is 0 Å². The van der Waals surface area contributed by atoms with Crippen molar-refractivity contribution in [3.63, 3.8) is 0 Å². The van der Waals surface area contributed by atoms with E-state index in [9.17, 15) is 0 Å². The normalized spacial score (nSPS) is 10.2. The Hall–Kier alpha value is -1.24. The van der Waals surface area contributed by atoms with Crippen LogP contribution in [0.25, 0.3) is 0 Å². The first-order valence-corrected chi connectivity index (χ1v) is 6.26. The molecule has 0 spiro atoms. The van der Waals surface area contributed by atoms with Crippen molar-refractivity contribution < 1.29 is 0 Å². The molecule has 0 aliphatic rings. The van der Waals surface area contributed by atoms with E-state index in [0.29, 0.717) is 0 Å². The van der Waals surface area contributed by atoms with Crippen LogP contribution in [0.15, 0.2) is 42.6 Å². The van der Waals surface area contributed by atoms with Gasteiger partial charge in [0.15, 0.2) is 0 Å². The van der Waals surface area contributed by atoms with Crippen LogP contribution in [0.2, 0.25) is 0 Å². The summed E-state index contributed by atoms with van der Waals surface area (Å²) < 4.78 is 0. The van der Waals surface area contributed by atoms with Crippen LogP contribution in [-0.2, 0) is 6.42 Å². The van der Waals surface area contributed by atoms with Gasteiger partial charge in [-0.15, -0.1) is 0 Å². The van der Waals surface area contributed by atoms with E-state index >= 15 is 0 Å². The van der Waals surface area contributed by atoms with Crippen molar-refractivity contribution in [2.45, 2.75) is 44.9 Å². The molecule has 0 saturated heterocycles. The molecule has 1 aromatic carbocycles. The van der Waals surface area contributed by atoms with Gasteiger partial charge in [0.05, 0.1) is 0 Å². The highest BCUT2D eigenvalue weighted by Gasteiger charge is 1.93. The number of allylic oxidation sites excluding steroid dienone is 1. The largest absolute Gasteiger partial charge is 0.403 e. The maximum absolute atomic E-state index is 5.51. The lowest BCUT2D eigenvalue weighted by Crippen LogP contribution is -1.94. The standard InChI is InChI=1S/C15H23N/c1-14(16)10-6-3-2-4-7-11-15-12-8-5-9-13-15/h5,8-9,12-13H,1-4,6-7,10-11,16H2. The van der Waals surface area contributed by atoms with Crippen molar-refractivity contribution in [3.8, 4) is 0 Å². The highest BCUT2D eigenvalue weighted by molar-refractivity contribution is 5.14. The lowest BCUT2D eigenvalue weighted by atomic mass is 10.0. The molecule has 0 aliphatic carbocycles. The number of nitrogens with two attached hydrogens (primary N) is 1. The second kappa shape index (κ2) is 7.98. The van der Waals surface area contributed by atoms with E-state index in [0.717, 1.165) is 12.1 Å². The van der Waals surface area contributed by atoms with Crippen molar-refractivity contribution >= 4 is 0 Å². The van der Waals surface area contributed by atoms with Crippen LogP contribution in [0.3, 0.4) is 0 Å². The van der Waals surface area contributed by atoms with Crippen molar-refractivity contribution in [1.29, 1.82) is 0 Å². The summed E-state index contributed by atoms with van der Waals surface area (Å²) in [4.78, 5) is 0. The molecule has 0 radical (unpaired) electrons. The van der Waals surface area contributed by atoms with Crippen molar-refractivity contribution in [1.82, 2.24) is 0 Å². The first-order chi connectivity index (χ1) is 7.79. The zero-order valence-electron chi connectivity index (χ0n) is 10.1. The average molecular weight is 217 g/mol. The molecule has 1 aromatic rings. The molecule has 0 bridgehead atoms. The van der Waals surface area contributed by atoms with Gasteiger partial charge in [0.2, 0.25) is 0 Å². The van der Waals surface area contributed by atoms with E-state index in [1.165, 1.54) is 44.1 Å². The topological polar surface area (TPSA) is 26.0 Å². The van der Waals surface area contributed by atoms with E-state index in [1.807, 2.05) is 0 Å². The highest BCUT2D eigenvalue weighted by atomic mass is 14.5. The Morgan fingerprint density at radius 2 is 1.56 bits per heavy atom. The number of rotatable bonds is 8. The lowest BCUT2D eigenvalue weighted by molar-refractivity contribution is 0.611. The molecule has 0 saturated carbocycles. The molecular formula is C15H23N. The van der Waals surface area contributed by atoms with E-state index in [1.54, 1.807) is 0 Å². The SMILES string of the molecule is C=C(N)CCCCCCCc1ccccc1. The second-order valence-corrected chi connectivity index (χ2v) is 4.41. The van der Waals surface area contributed by atoms with Crippen LogP contribution in [0.5, 0.6) is 0 Å². The van der Waals surface area contributed by atoms with Crippen molar-refractivity contribution in [2.24, 2.45) is 5.73 Å². The molecule has 0 aliphatic heterocycles. The van der Waals surface area contributed by atoms with Gasteiger partial charge in [0, 0.05) is 5.70 Å². The van der Waals surface area contributed by atoms with Gasteiger partial charge in [-0.05, 0) is 31.2 Å². The van der Waals surface area contributed by atoms with Gasteiger partial charge >= 0.3 is 0 Å². The van der Waals surface area contributed by atoms with Gasteiger partial charge in [0.1, 0.15) is 0 Å². The van der Waals surface area contributed by atoms with Gasteiger partial charge in [-0.2, -0.15) is 0 Å². The van der Waals surface area contributed by atoms with E-state index < -0.39 is 0 Å². The third-order valence-electron chi connectivity index (χ3n) is 2.81. The number of unbranched alkanes of at least 4 members (excludes halogenated alkanes) is 4. The minimum atomic E-state index is 0.823. The van der Waals surface area contributed by atoms with Crippen LogP contribution in [0, 0.1) is 0 Å². The summed E-state index contributed by atoms with van der Waals surface area (Å²) in [5.41, 5.74) is 7.79. The molecule has 0 amide bonds. The van der Waals surface area contributed by atoms with Crippen LogP contribution < -0.4 is 5.73 Å². The molecule has 0 unspecified atom stereocenters. The summed E-state index contributed by atoms with van der Waals surface area (Å²) in [5, 5.41) is 0. The van der Waals surface area contributed by atoms with E-state index in [4.69, 9.17) is 5.73 Å². The molecule has 1 heteroatoms. The summed E-state index contributed by atoms with van der Waals surface area (Å²) >= 11 is 0. The summed E-state index contributed by atoms with van der Waals surface area (Å²) in [6.07, 6.45) is 8.62. The Labute approximate surface area is 99.4 Å². The maximum Gasteiger partial charge on any atom is 0.000744 e. The van der Waals surface area contributed by atoms with Crippen LogP contribution >= 0.6 is 0 Å².